The fourth-order valence-corrected chi connectivity index (χ4v) is 4.55. The summed E-state index contributed by atoms with van der Waals surface area (Å²) < 4.78 is 62.9. The van der Waals surface area contributed by atoms with Crippen LogP contribution in [0.25, 0.3) is 10.9 Å². The molecule has 0 spiro atoms. The van der Waals surface area contributed by atoms with Gasteiger partial charge in [0.25, 0.3) is 0 Å². The summed E-state index contributed by atoms with van der Waals surface area (Å²) in [5, 5.41) is 7.74. The molecule has 2 aromatic carbocycles. The normalized spacial score (nSPS) is 17.2. The van der Waals surface area contributed by atoms with Gasteiger partial charge in [0.05, 0.1) is 29.4 Å². The Labute approximate surface area is 231 Å². The molecule has 1 aromatic heterocycles. The second kappa shape index (κ2) is 12.5. The molecular formula is C26H26ClF4N5O4. The van der Waals surface area contributed by atoms with Crippen LogP contribution < -0.4 is 25.4 Å². The van der Waals surface area contributed by atoms with Gasteiger partial charge in [-0.3, -0.25) is 9.59 Å². The summed E-state index contributed by atoms with van der Waals surface area (Å²) >= 11 is 5.90. The van der Waals surface area contributed by atoms with Crippen LogP contribution in [0.5, 0.6) is 11.5 Å². The van der Waals surface area contributed by atoms with E-state index < -0.39 is 17.9 Å². The number of alkyl halides is 3. The average Bonchev–Trinajstić information content (AvgIpc) is 2.93. The molecule has 1 aliphatic rings. The van der Waals surface area contributed by atoms with Crippen LogP contribution in [0.1, 0.15) is 25.7 Å². The predicted molar refractivity (Wildman–Crippen MR) is 139 cm³/mol. The summed E-state index contributed by atoms with van der Waals surface area (Å²) in [4.78, 5) is 31.8. The zero-order valence-corrected chi connectivity index (χ0v) is 22.0. The lowest BCUT2D eigenvalue weighted by Crippen LogP contribution is -2.42. The van der Waals surface area contributed by atoms with E-state index in [1.807, 2.05) is 0 Å². The predicted octanol–water partition coefficient (Wildman–Crippen LogP) is 4.91. The molecule has 4 rings (SSSR count). The number of anilines is 2. The Morgan fingerprint density at radius 2 is 1.77 bits per heavy atom. The van der Waals surface area contributed by atoms with E-state index in [-0.39, 0.29) is 41.7 Å². The zero-order chi connectivity index (χ0) is 28.9. The monoisotopic (exact) mass is 583 g/mol. The number of ether oxygens (including phenoxy) is 2. The second-order valence-corrected chi connectivity index (χ2v) is 9.51. The number of nitrogens with one attached hydrogen (secondary N) is 3. The smallest absolute Gasteiger partial charge is 0.471 e. The van der Waals surface area contributed by atoms with E-state index >= 15 is 0 Å². The Balaban J connectivity index is 1.38. The van der Waals surface area contributed by atoms with Crippen LogP contribution in [0.2, 0.25) is 5.02 Å². The van der Waals surface area contributed by atoms with Crippen molar-refractivity contribution in [3.8, 4) is 11.5 Å². The Bertz CT molecular complexity index is 1380. The maximum Gasteiger partial charge on any atom is 0.471 e. The molecule has 1 fully saturated rings. The van der Waals surface area contributed by atoms with Crippen LogP contribution >= 0.6 is 11.6 Å². The highest BCUT2D eigenvalue weighted by Crippen LogP contribution is 2.38. The summed E-state index contributed by atoms with van der Waals surface area (Å²) in [6.45, 7) is -0.433. The van der Waals surface area contributed by atoms with Crippen LogP contribution in [0.3, 0.4) is 0 Å². The maximum atomic E-state index is 14.5. The number of methoxy groups -OCH3 is 1. The molecule has 0 aliphatic heterocycles. The molecule has 0 saturated heterocycles. The van der Waals surface area contributed by atoms with Crippen LogP contribution in [-0.4, -0.2) is 54.3 Å². The third-order valence-electron chi connectivity index (χ3n) is 6.43. The number of carbonyl (C=O) groups excluding carboxylic acids is 2. The van der Waals surface area contributed by atoms with Gasteiger partial charge in [0, 0.05) is 30.5 Å². The van der Waals surface area contributed by atoms with Crippen molar-refractivity contribution in [2.24, 2.45) is 5.92 Å². The van der Waals surface area contributed by atoms with Crippen molar-refractivity contribution < 1.29 is 36.6 Å². The Morgan fingerprint density at radius 1 is 1.05 bits per heavy atom. The molecule has 0 unspecified atom stereocenters. The van der Waals surface area contributed by atoms with Gasteiger partial charge < -0.3 is 25.4 Å². The van der Waals surface area contributed by atoms with Crippen LogP contribution in [0, 0.1) is 11.7 Å². The summed E-state index contributed by atoms with van der Waals surface area (Å²) in [5.41, 5.74) is 0.682. The average molecular weight is 584 g/mol. The van der Waals surface area contributed by atoms with Gasteiger partial charge in [0.2, 0.25) is 5.91 Å². The van der Waals surface area contributed by atoms with Crippen molar-refractivity contribution in [3.63, 3.8) is 0 Å². The zero-order valence-electron chi connectivity index (χ0n) is 21.3. The van der Waals surface area contributed by atoms with E-state index in [0.29, 0.717) is 53.9 Å². The van der Waals surface area contributed by atoms with E-state index in [0.717, 1.165) is 0 Å². The number of nitrogens with zero attached hydrogens (tertiary/aromatic N) is 2. The van der Waals surface area contributed by atoms with Crippen molar-refractivity contribution in [2.45, 2.75) is 38.0 Å². The molecule has 1 aliphatic carbocycles. The number of hydrogen-bond acceptors (Lipinski definition) is 7. The van der Waals surface area contributed by atoms with E-state index in [1.54, 1.807) is 23.5 Å². The number of fused-ring (bicyclic) bond motifs is 1. The number of benzene rings is 2. The first-order valence-electron chi connectivity index (χ1n) is 12.4. The molecule has 0 radical (unpaired) electrons. The van der Waals surface area contributed by atoms with Crippen LogP contribution in [0.15, 0.2) is 36.7 Å². The van der Waals surface area contributed by atoms with Crippen molar-refractivity contribution >= 4 is 45.8 Å². The fraction of sp³-hybridized carbons (Fsp3) is 0.385. The van der Waals surface area contributed by atoms with Crippen molar-refractivity contribution in [1.82, 2.24) is 20.6 Å². The molecule has 14 heteroatoms. The summed E-state index contributed by atoms with van der Waals surface area (Å²) in [5.74, 6) is -2.08. The summed E-state index contributed by atoms with van der Waals surface area (Å²) in [6.07, 6.45) is -1.74. The molecule has 1 saturated carbocycles. The molecule has 3 aromatic rings. The fourth-order valence-electron chi connectivity index (χ4n) is 4.37. The van der Waals surface area contributed by atoms with Crippen molar-refractivity contribution in [2.75, 3.05) is 25.5 Å². The van der Waals surface area contributed by atoms with E-state index in [1.165, 1.54) is 25.6 Å². The van der Waals surface area contributed by atoms with Crippen molar-refractivity contribution in [3.05, 3.63) is 47.5 Å². The number of aromatic nitrogens is 2. The first-order chi connectivity index (χ1) is 19.1. The lowest BCUT2D eigenvalue weighted by atomic mass is 9.86. The molecule has 3 N–H and O–H groups in total. The van der Waals surface area contributed by atoms with Gasteiger partial charge in [-0.1, -0.05) is 17.7 Å². The topological polar surface area (TPSA) is 114 Å². The van der Waals surface area contributed by atoms with E-state index in [2.05, 4.69) is 20.6 Å². The first-order valence-corrected chi connectivity index (χ1v) is 12.8. The third kappa shape index (κ3) is 7.00. The highest BCUT2D eigenvalue weighted by atomic mass is 35.5. The molecule has 2 amide bonds. The standard InChI is InChI=1S/C26H26ClF4N5O4/c1-39-20-12-19-16(23(35-13-34-19)36-18-4-2-3-17(27)22(18)28)11-21(20)40-15-7-5-14(6-8-15)24(37)32-9-10-33-25(38)26(29,30)31/h2-4,11-15H,5-10H2,1H3,(H,32,37)(H,33,38)(H,34,35,36). The van der Waals surface area contributed by atoms with Gasteiger partial charge in [0.15, 0.2) is 17.3 Å². The summed E-state index contributed by atoms with van der Waals surface area (Å²) in [7, 11) is 1.49. The van der Waals surface area contributed by atoms with Gasteiger partial charge in [-0.25, -0.2) is 14.4 Å². The molecule has 214 valence electrons. The molecule has 0 bridgehead atoms. The van der Waals surface area contributed by atoms with E-state index in [4.69, 9.17) is 21.1 Å². The highest BCUT2D eigenvalue weighted by molar-refractivity contribution is 6.31. The lowest BCUT2D eigenvalue weighted by Gasteiger charge is -2.29. The molecular weight excluding hydrogens is 558 g/mol. The SMILES string of the molecule is COc1cc2ncnc(Nc3cccc(Cl)c3F)c2cc1OC1CCC(C(=O)NCCNC(=O)C(F)(F)F)CC1. The molecule has 40 heavy (non-hydrogen) atoms. The first kappa shape index (κ1) is 29.1. The Hall–Kier alpha value is -3.87. The van der Waals surface area contributed by atoms with Gasteiger partial charge >= 0.3 is 12.1 Å². The minimum atomic E-state index is -4.96. The Kier molecular flexibility index (Phi) is 9.13. The van der Waals surface area contributed by atoms with Crippen LogP contribution in [-0.2, 0) is 9.59 Å². The van der Waals surface area contributed by atoms with Gasteiger partial charge in [-0.2, -0.15) is 13.2 Å². The largest absolute Gasteiger partial charge is 0.493 e. The van der Waals surface area contributed by atoms with Gasteiger partial charge in [-0.05, 0) is 43.9 Å². The maximum absolute atomic E-state index is 14.5. The molecule has 0 atom stereocenters. The minimum Gasteiger partial charge on any atom is -0.493 e. The minimum absolute atomic E-state index is 0.0356. The second-order valence-electron chi connectivity index (χ2n) is 9.11. The summed E-state index contributed by atoms with van der Waals surface area (Å²) in [6, 6.07) is 7.96. The van der Waals surface area contributed by atoms with Gasteiger partial charge in [-0.15, -0.1) is 0 Å². The Morgan fingerprint density at radius 3 is 2.48 bits per heavy atom. The number of halogens is 5. The van der Waals surface area contributed by atoms with Gasteiger partial charge in [0.1, 0.15) is 12.1 Å². The highest BCUT2D eigenvalue weighted by Gasteiger charge is 2.38. The van der Waals surface area contributed by atoms with E-state index in [9.17, 15) is 27.2 Å². The number of amides is 2. The quantitative estimate of drug-likeness (QED) is 0.242. The third-order valence-corrected chi connectivity index (χ3v) is 6.72. The molecule has 9 nitrogen and oxygen atoms in total. The van der Waals surface area contributed by atoms with Crippen LogP contribution in [0.4, 0.5) is 29.1 Å². The number of rotatable bonds is 9. The van der Waals surface area contributed by atoms with Crippen molar-refractivity contribution in [1.29, 1.82) is 0 Å². The lowest BCUT2D eigenvalue weighted by molar-refractivity contribution is -0.173. The molecule has 1 heterocycles. The number of hydrogen-bond donors (Lipinski definition) is 3. The number of carbonyl (C=O) groups is 2.